The molecule has 4 aromatic rings. The summed E-state index contributed by atoms with van der Waals surface area (Å²) in [4.78, 5) is 13.2. The summed E-state index contributed by atoms with van der Waals surface area (Å²) in [5.74, 6) is 0. The number of imidazole rings is 1. The molecule has 0 fully saturated rings. The van der Waals surface area contributed by atoms with Gasteiger partial charge in [-0.05, 0) is 18.2 Å². The summed E-state index contributed by atoms with van der Waals surface area (Å²) in [5.41, 5.74) is 6.89. The van der Waals surface area contributed by atoms with E-state index in [2.05, 4.69) is 33.2 Å². The van der Waals surface area contributed by atoms with Crippen LogP contribution in [-0.2, 0) is 7.05 Å². The van der Waals surface area contributed by atoms with Crippen LogP contribution in [0.2, 0.25) is 0 Å². The molecule has 0 saturated heterocycles. The zero-order valence-electron chi connectivity index (χ0n) is 10.2. The highest BCUT2D eigenvalue weighted by molar-refractivity contribution is 7.16. The van der Waals surface area contributed by atoms with Gasteiger partial charge in [0.25, 0.3) is 0 Å². The smallest absolute Gasteiger partial charge is 0.0956 e. The minimum atomic E-state index is 0.932. The fourth-order valence-corrected chi connectivity index (χ4v) is 2.86. The number of pyridine rings is 1. The molecule has 0 N–H and O–H groups in total. The zero-order valence-corrected chi connectivity index (χ0v) is 11.1. The second-order valence-electron chi connectivity index (χ2n) is 4.45. The Bertz CT molecular complexity index is 891. The molecule has 19 heavy (non-hydrogen) atoms. The summed E-state index contributed by atoms with van der Waals surface area (Å²) in [6, 6.07) is 8.26. The molecule has 3 heterocycles. The van der Waals surface area contributed by atoms with Gasteiger partial charge in [0, 0.05) is 12.6 Å². The summed E-state index contributed by atoms with van der Waals surface area (Å²) in [7, 11) is 1.97. The Hall–Kier alpha value is -2.27. The van der Waals surface area contributed by atoms with Gasteiger partial charge in [-0.15, -0.1) is 11.3 Å². The van der Waals surface area contributed by atoms with Crippen LogP contribution in [0.15, 0.2) is 42.3 Å². The third-order valence-corrected chi connectivity index (χ3v) is 4.05. The van der Waals surface area contributed by atoms with Crippen LogP contribution in [0.5, 0.6) is 0 Å². The van der Waals surface area contributed by atoms with E-state index in [1.807, 2.05) is 29.4 Å². The first-order valence-electron chi connectivity index (χ1n) is 5.92. The molecule has 0 aliphatic carbocycles. The van der Waals surface area contributed by atoms with E-state index in [1.54, 1.807) is 17.7 Å². The number of aryl methyl sites for hydroxylation is 1. The minimum absolute atomic E-state index is 0.932. The fourth-order valence-electron chi connectivity index (χ4n) is 2.20. The van der Waals surface area contributed by atoms with Gasteiger partial charge in [0.1, 0.15) is 0 Å². The van der Waals surface area contributed by atoms with E-state index < -0.39 is 0 Å². The second kappa shape index (κ2) is 3.86. The standard InChI is InChI=1S/C14H10N4S/c1-18-7-16-11-5-10(15-6-13(11)18)9-2-3-14-12(4-9)17-8-19-14/h2-8H,1H3. The Morgan fingerprint density at radius 2 is 2.00 bits per heavy atom. The Labute approximate surface area is 113 Å². The normalized spacial score (nSPS) is 11.4. The number of fused-ring (bicyclic) bond motifs is 2. The third-order valence-electron chi connectivity index (χ3n) is 3.24. The third kappa shape index (κ3) is 1.62. The molecule has 3 aromatic heterocycles. The van der Waals surface area contributed by atoms with Crippen molar-refractivity contribution in [2.45, 2.75) is 0 Å². The molecular formula is C14H10N4S. The second-order valence-corrected chi connectivity index (χ2v) is 5.33. The predicted molar refractivity (Wildman–Crippen MR) is 77.1 cm³/mol. The Kier molecular flexibility index (Phi) is 2.16. The van der Waals surface area contributed by atoms with E-state index in [4.69, 9.17) is 0 Å². The van der Waals surface area contributed by atoms with Crippen molar-refractivity contribution in [2.24, 2.45) is 7.05 Å². The molecule has 0 bridgehead atoms. The number of hydrogen-bond acceptors (Lipinski definition) is 4. The molecule has 0 aliphatic rings. The largest absolute Gasteiger partial charge is 0.332 e. The topological polar surface area (TPSA) is 43.6 Å². The number of rotatable bonds is 1. The lowest BCUT2D eigenvalue weighted by molar-refractivity contribution is 0.945. The first kappa shape index (κ1) is 10.6. The lowest BCUT2D eigenvalue weighted by Crippen LogP contribution is -1.87. The van der Waals surface area contributed by atoms with Gasteiger partial charge in [0.05, 0.1) is 45.0 Å². The summed E-state index contributed by atoms with van der Waals surface area (Å²) < 4.78 is 3.16. The van der Waals surface area contributed by atoms with E-state index in [9.17, 15) is 0 Å². The fraction of sp³-hybridized carbons (Fsp3) is 0.0714. The van der Waals surface area contributed by atoms with Crippen LogP contribution in [0, 0.1) is 0 Å². The quantitative estimate of drug-likeness (QED) is 0.531. The van der Waals surface area contributed by atoms with Gasteiger partial charge in [-0.3, -0.25) is 4.98 Å². The maximum Gasteiger partial charge on any atom is 0.0956 e. The van der Waals surface area contributed by atoms with E-state index in [-0.39, 0.29) is 0 Å². The molecule has 5 heteroatoms. The van der Waals surface area contributed by atoms with Gasteiger partial charge in [-0.1, -0.05) is 6.07 Å². The minimum Gasteiger partial charge on any atom is -0.332 e. The van der Waals surface area contributed by atoms with Crippen LogP contribution in [-0.4, -0.2) is 19.5 Å². The number of nitrogens with zero attached hydrogens (tertiary/aromatic N) is 4. The van der Waals surface area contributed by atoms with Crippen molar-refractivity contribution in [3.63, 3.8) is 0 Å². The van der Waals surface area contributed by atoms with Crippen molar-refractivity contribution in [1.82, 2.24) is 19.5 Å². The van der Waals surface area contributed by atoms with Crippen molar-refractivity contribution < 1.29 is 0 Å². The number of thiazole rings is 1. The molecule has 0 atom stereocenters. The van der Waals surface area contributed by atoms with Gasteiger partial charge in [0.2, 0.25) is 0 Å². The summed E-state index contributed by atoms with van der Waals surface area (Å²) in [5, 5.41) is 0. The number of benzene rings is 1. The van der Waals surface area contributed by atoms with Crippen LogP contribution in [0.25, 0.3) is 32.5 Å². The van der Waals surface area contributed by atoms with Crippen molar-refractivity contribution >= 4 is 32.6 Å². The Morgan fingerprint density at radius 3 is 2.95 bits per heavy atom. The van der Waals surface area contributed by atoms with Crippen molar-refractivity contribution in [2.75, 3.05) is 0 Å². The summed E-state index contributed by atoms with van der Waals surface area (Å²) in [6.07, 6.45) is 3.67. The molecule has 0 radical (unpaired) electrons. The molecule has 4 nitrogen and oxygen atoms in total. The highest BCUT2D eigenvalue weighted by atomic mass is 32.1. The molecule has 0 unspecified atom stereocenters. The highest BCUT2D eigenvalue weighted by Crippen LogP contribution is 2.26. The summed E-state index contributed by atoms with van der Waals surface area (Å²) in [6.45, 7) is 0. The molecule has 4 rings (SSSR count). The van der Waals surface area contributed by atoms with Crippen LogP contribution in [0.3, 0.4) is 0 Å². The molecule has 0 saturated carbocycles. The maximum absolute atomic E-state index is 4.52. The van der Waals surface area contributed by atoms with E-state index >= 15 is 0 Å². The van der Waals surface area contributed by atoms with Crippen LogP contribution < -0.4 is 0 Å². The lowest BCUT2D eigenvalue weighted by atomic mass is 10.1. The van der Waals surface area contributed by atoms with Crippen LogP contribution in [0.1, 0.15) is 0 Å². The first-order chi connectivity index (χ1) is 9.31. The zero-order chi connectivity index (χ0) is 12.8. The maximum atomic E-state index is 4.52. The SMILES string of the molecule is Cn1cnc2cc(-c3ccc4scnc4c3)ncc21. The van der Waals surface area contributed by atoms with Gasteiger partial charge >= 0.3 is 0 Å². The average molecular weight is 266 g/mol. The average Bonchev–Trinajstić information content (AvgIpc) is 3.04. The highest BCUT2D eigenvalue weighted by Gasteiger charge is 2.06. The van der Waals surface area contributed by atoms with Crippen molar-refractivity contribution in [3.05, 3.63) is 42.3 Å². The molecule has 0 amide bonds. The van der Waals surface area contributed by atoms with Gasteiger partial charge in [0.15, 0.2) is 0 Å². The number of hydrogen-bond donors (Lipinski definition) is 0. The Morgan fingerprint density at radius 1 is 1.05 bits per heavy atom. The molecule has 0 aliphatic heterocycles. The van der Waals surface area contributed by atoms with Crippen molar-refractivity contribution in [3.8, 4) is 11.3 Å². The molecule has 0 spiro atoms. The molecule has 1 aromatic carbocycles. The Balaban J connectivity index is 1.92. The molecule has 92 valence electrons. The van der Waals surface area contributed by atoms with Crippen LogP contribution in [0.4, 0.5) is 0 Å². The van der Waals surface area contributed by atoms with Crippen molar-refractivity contribution in [1.29, 1.82) is 0 Å². The predicted octanol–water partition coefficient (Wildman–Crippen LogP) is 3.25. The van der Waals surface area contributed by atoms with E-state index in [0.717, 1.165) is 27.8 Å². The summed E-state index contributed by atoms with van der Waals surface area (Å²) >= 11 is 1.65. The molecular weight excluding hydrogens is 256 g/mol. The van der Waals surface area contributed by atoms with Crippen LogP contribution >= 0.6 is 11.3 Å². The lowest BCUT2D eigenvalue weighted by Gasteiger charge is -2.01. The van der Waals surface area contributed by atoms with Gasteiger partial charge < -0.3 is 4.57 Å². The first-order valence-corrected chi connectivity index (χ1v) is 6.80. The van der Waals surface area contributed by atoms with Gasteiger partial charge in [-0.2, -0.15) is 0 Å². The van der Waals surface area contributed by atoms with E-state index in [0.29, 0.717) is 0 Å². The van der Waals surface area contributed by atoms with Gasteiger partial charge in [-0.25, -0.2) is 9.97 Å². The number of aromatic nitrogens is 4. The van der Waals surface area contributed by atoms with E-state index in [1.165, 1.54) is 4.70 Å². The monoisotopic (exact) mass is 266 g/mol.